The molecule has 0 aliphatic heterocycles. The number of carbonyl (C=O) groups is 1. The normalized spacial score (nSPS) is 33.3. The molecule has 5 unspecified atom stereocenters. The van der Waals surface area contributed by atoms with E-state index in [2.05, 4.69) is 38.1 Å². The topological polar surface area (TPSA) is 26.3 Å². The van der Waals surface area contributed by atoms with E-state index in [9.17, 15) is 4.79 Å². The first kappa shape index (κ1) is 13.8. The first-order valence-corrected chi connectivity index (χ1v) is 8.31. The van der Waals surface area contributed by atoms with E-state index in [0.29, 0.717) is 12.2 Å². The van der Waals surface area contributed by atoms with Crippen molar-refractivity contribution in [3.05, 3.63) is 42.0 Å². The minimum Gasteiger partial charge on any atom is -0.429 e. The molecule has 2 aromatic carbocycles. The third-order valence-corrected chi connectivity index (χ3v) is 6.34. The number of ether oxygens (including phenoxy) is 1. The molecule has 2 heteroatoms. The van der Waals surface area contributed by atoms with Gasteiger partial charge < -0.3 is 4.74 Å². The largest absolute Gasteiger partial charge is 0.429 e. The van der Waals surface area contributed by atoms with E-state index < -0.39 is 0 Å². The number of rotatable bonds is 3. The van der Waals surface area contributed by atoms with Crippen LogP contribution >= 0.6 is 0 Å². The average molecular weight is 294 g/mol. The molecule has 0 aromatic heterocycles. The van der Waals surface area contributed by atoms with Gasteiger partial charge in [0.25, 0.3) is 6.47 Å². The second kappa shape index (κ2) is 5.12. The molecule has 114 valence electrons. The van der Waals surface area contributed by atoms with Crippen LogP contribution in [-0.2, 0) is 4.79 Å². The van der Waals surface area contributed by atoms with Crippen molar-refractivity contribution >= 4 is 17.2 Å². The van der Waals surface area contributed by atoms with Gasteiger partial charge in [0.15, 0.2) is 0 Å². The predicted octanol–water partition coefficient (Wildman–Crippen LogP) is 4.77. The van der Waals surface area contributed by atoms with Crippen LogP contribution in [0.4, 0.5) is 0 Å². The maximum Gasteiger partial charge on any atom is 0.298 e. The SMILES string of the molecule is CC1C2CC(c3ccc4cc(OC=O)ccc4c3)C(C2)C1C. The molecular formula is C20H22O2. The van der Waals surface area contributed by atoms with Crippen molar-refractivity contribution in [2.24, 2.45) is 23.7 Å². The Balaban J connectivity index is 1.66. The highest BCUT2D eigenvalue weighted by atomic mass is 16.5. The van der Waals surface area contributed by atoms with E-state index in [1.165, 1.54) is 23.8 Å². The lowest BCUT2D eigenvalue weighted by atomic mass is 9.73. The van der Waals surface area contributed by atoms with Crippen LogP contribution in [0.25, 0.3) is 10.8 Å². The number of fused-ring (bicyclic) bond motifs is 3. The molecule has 5 atom stereocenters. The summed E-state index contributed by atoms with van der Waals surface area (Å²) in [4.78, 5) is 10.4. The summed E-state index contributed by atoms with van der Waals surface area (Å²) in [5.74, 6) is 4.86. The van der Waals surface area contributed by atoms with E-state index in [1.54, 1.807) is 0 Å². The van der Waals surface area contributed by atoms with Crippen molar-refractivity contribution < 1.29 is 9.53 Å². The number of hydrogen-bond acceptors (Lipinski definition) is 2. The average Bonchev–Trinajstić information content (AvgIpc) is 3.08. The molecule has 2 bridgehead atoms. The van der Waals surface area contributed by atoms with E-state index in [4.69, 9.17) is 4.74 Å². The van der Waals surface area contributed by atoms with Crippen LogP contribution in [-0.4, -0.2) is 6.47 Å². The molecule has 2 saturated carbocycles. The Morgan fingerprint density at radius 3 is 2.50 bits per heavy atom. The van der Waals surface area contributed by atoms with Gasteiger partial charge in [0.1, 0.15) is 5.75 Å². The summed E-state index contributed by atoms with van der Waals surface area (Å²) in [5, 5.41) is 2.37. The van der Waals surface area contributed by atoms with Crippen molar-refractivity contribution in [1.29, 1.82) is 0 Å². The van der Waals surface area contributed by atoms with Gasteiger partial charge >= 0.3 is 0 Å². The van der Waals surface area contributed by atoms with E-state index >= 15 is 0 Å². The summed E-state index contributed by atoms with van der Waals surface area (Å²) in [6, 6.07) is 12.6. The molecule has 0 spiro atoms. The van der Waals surface area contributed by atoms with Crippen LogP contribution in [0.15, 0.2) is 36.4 Å². The fourth-order valence-electron chi connectivity index (χ4n) is 4.93. The summed E-state index contributed by atoms with van der Waals surface area (Å²) in [6.07, 6.45) is 2.77. The van der Waals surface area contributed by atoms with Gasteiger partial charge in [-0.05, 0) is 70.9 Å². The Hall–Kier alpha value is -1.83. The fourth-order valence-corrected chi connectivity index (χ4v) is 4.93. The Morgan fingerprint density at radius 2 is 1.77 bits per heavy atom. The molecule has 2 aliphatic carbocycles. The second-order valence-corrected chi connectivity index (χ2v) is 7.20. The van der Waals surface area contributed by atoms with Gasteiger partial charge in [0.05, 0.1) is 0 Å². The van der Waals surface area contributed by atoms with Gasteiger partial charge in [0, 0.05) is 0 Å². The van der Waals surface area contributed by atoms with Crippen LogP contribution < -0.4 is 4.74 Å². The van der Waals surface area contributed by atoms with E-state index in [0.717, 1.165) is 35.0 Å². The van der Waals surface area contributed by atoms with Gasteiger partial charge in [-0.3, -0.25) is 4.79 Å². The zero-order chi connectivity index (χ0) is 15.3. The monoisotopic (exact) mass is 294 g/mol. The maximum absolute atomic E-state index is 10.4. The van der Waals surface area contributed by atoms with Gasteiger partial charge in [-0.25, -0.2) is 0 Å². The number of benzene rings is 2. The maximum atomic E-state index is 10.4. The van der Waals surface area contributed by atoms with Gasteiger partial charge in [-0.1, -0.05) is 38.1 Å². The smallest absolute Gasteiger partial charge is 0.298 e. The lowest BCUT2D eigenvalue weighted by molar-refractivity contribution is -0.120. The standard InChI is InChI=1S/C20H22O2/c1-12-13(2)19-9-17(12)10-20(19)16-4-3-15-8-18(22-11-21)6-5-14(15)7-16/h3-8,11-13,17,19-20H,9-10H2,1-2H3. The van der Waals surface area contributed by atoms with Crippen LogP contribution in [0.1, 0.15) is 38.2 Å². The van der Waals surface area contributed by atoms with Gasteiger partial charge in [-0.15, -0.1) is 0 Å². The second-order valence-electron chi connectivity index (χ2n) is 7.20. The molecule has 2 fully saturated rings. The predicted molar refractivity (Wildman–Crippen MR) is 87.9 cm³/mol. The lowest BCUT2D eigenvalue weighted by Gasteiger charge is -2.32. The van der Waals surface area contributed by atoms with Crippen molar-refractivity contribution in [2.75, 3.05) is 0 Å². The van der Waals surface area contributed by atoms with E-state index in [-0.39, 0.29) is 0 Å². The zero-order valence-corrected chi connectivity index (χ0v) is 13.2. The first-order valence-electron chi connectivity index (χ1n) is 8.31. The summed E-state index contributed by atoms with van der Waals surface area (Å²) >= 11 is 0. The minimum absolute atomic E-state index is 0.480. The van der Waals surface area contributed by atoms with Crippen LogP contribution in [0.2, 0.25) is 0 Å². The number of carbonyl (C=O) groups excluding carboxylic acids is 1. The molecule has 0 amide bonds. The third kappa shape index (κ3) is 2.05. The highest BCUT2D eigenvalue weighted by molar-refractivity contribution is 5.85. The van der Waals surface area contributed by atoms with E-state index in [1.807, 2.05) is 12.1 Å². The quantitative estimate of drug-likeness (QED) is 0.762. The van der Waals surface area contributed by atoms with Crippen LogP contribution in [0, 0.1) is 23.7 Å². The highest BCUT2D eigenvalue weighted by Gasteiger charge is 2.48. The molecule has 0 radical (unpaired) electrons. The minimum atomic E-state index is 0.480. The molecule has 0 N–H and O–H groups in total. The van der Waals surface area contributed by atoms with Crippen molar-refractivity contribution in [1.82, 2.24) is 0 Å². The van der Waals surface area contributed by atoms with Crippen molar-refractivity contribution in [2.45, 2.75) is 32.6 Å². The first-order chi connectivity index (χ1) is 10.7. The molecule has 2 aromatic rings. The Bertz CT molecular complexity index is 719. The zero-order valence-electron chi connectivity index (χ0n) is 13.2. The summed E-state index contributed by atoms with van der Waals surface area (Å²) in [5.41, 5.74) is 1.49. The molecule has 0 saturated heterocycles. The van der Waals surface area contributed by atoms with Crippen LogP contribution in [0.5, 0.6) is 5.75 Å². The molecule has 4 rings (SSSR count). The highest BCUT2D eigenvalue weighted by Crippen LogP contribution is 2.58. The Labute approximate surface area is 131 Å². The molecular weight excluding hydrogens is 272 g/mol. The molecule has 0 heterocycles. The molecule has 2 aliphatic rings. The van der Waals surface area contributed by atoms with Crippen molar-refractivity contribution in [3.8, 4) is 5.75 Å². The molecule has 2 nitrogen and oxygen atoms in total. The lowest BCUT2D eigenvalue weighted by Crippen LogP contribution is -2.23. The fraction of sp³-hybridized carbons (Fsp3) is 0.450. The van der Waals surface area contributed by atoms with Gasteiger partial charge in [-0.2, -0.15) is 0 Å². The van der Waals surface area contributed by atoms with Crippen LogP contribution in [0.3, 0.4) is 0 Å². The Kier molecular flexibility index (Phi) is 3.21. The summed E-state index contributed by atoms with van der Waals surface area (Å²) in [6.45, 7) is 5.35. The third-order valence-electron chi connectivity index (χ3n) is 6.34. The summed E-state index contributed by atoms with van der Waals surface area (Å²) < 4.78 is 4.93. The summed E-state index contributed by atoms with van der Waals surface area (Å²) in [7, 11) is 0. The molecule has 22 heavy (non-hydrogen) atoms. The number of hydrogen-bond donors (Lipinski definition) is 0. The van der Waals surface area contributed by atoms with Gasteiger partial charge in [0.2, 0.25) is 0 Å². The Morgan fingerprint density at radius 1 is 1.00 bits per heavy atom. The van der Waals surface area contributed by atoms with Crippen molar-refractivity contribution in [3.63, 3.8) is 0 Å².